The standard InChI is InChI=1S/C19H20N2O2/c1-16-9-11-18(12-10-16)23-15-14-21-19(22)20-13-5-8-17-6-3-2-4-7-17/h2-4,6-7,9-12H,13-15H2,1H3,(H2,20,21,22). The zero-order chi connectivity index (χ0) is 16.3. The second-order valence-electron chi connectivity index (χ2n) is 4.94. The van der Waals surface area contributed by atoms with Gasteiger partial charge >= 0.3 is 6.03 Å². The largest absolute Gasteiger partial charge is 0.492 e. The Morgan fingerprint density at radius 2 is 1.78 bits per heavy atom. The molecule has 0 bridgehead atoms. The first-order valence-corrected chi connectivity index (χ1v) is 7.49. The van der Waals surface area contributed by atoms with E-state index in [0.29, 0.717) is 19.7 Å². The molecular weight excluding hydrogens is 288 g/mol. The highest BCUT2D eigenvalue weighted by molar-refractivity contribution is 5.74. The molecule has 0 saturated heterocycles. The molecule has 0 aliphatic heterocycles. The van der Waals surface area contributed by atoms with E-state index < -0.39 is 0 Å². The van der Waals surface area contributed by atoms with E-state index >= 15 is 0 Å². The maximum absolute atomic E-state index is 11.6. The molecule has 4 nitrogen and oxygen atoms in total. The summed E-state index contributed by atoms with van der Waals surface area (Å²) >= 11 is 0. The first kappa shape index (κ1) is 16.4. The number of ether oxygens (including phenoxy) is 1. The average Bonchev–Trinajstić information content (AvgIpc) is 2.58. The van der Waals surface area contributed by atoms with E-state index in [1.165, 1.54) is 5.56 Å². The van der Waals surface area contributed by atoms with Crippen molar-refractivity contribution in [3.63, 3.8) is 0 Å². The van der Waals surface area contributed by atoms with Gasteiger partial charge in [-0.05, 0) is 31.2 Å². The number of hydrogen-bond donors (Lipinski definition) is 2. The molecule has 0 spiro atoms. The Morgan fingerprint density at radius 1 is 1.04 bits per heavy atom. The van der Waals surface area contributed by atoms with Crippen LogP contribution in [-0.4, -0.2) is 25.7 Å². The summed E-state index contributed by atoms with van der Waals surface area (Å²) in [5.74, 6) is 6.67. The molecule has 0 aliphatic rings. The summed E-state index contributed by atoms with van der Waals surface area (Å²) in [6.07, 6.45) is 0. The van der Waals surface area contributed by atoms with E-state index in [1.807, 2.05) is 61.5 Å². The highest BCUT2D eigenvalue weighted by Gasteiger charge is 1.98. The molecule has 2 N–H and O–H groups in total. The summed E-state index contributed by atoms with van der Waals surface area (Å²) in [7, 11) is 0. The average molecular weight is 308 g/mol. The van der Waals surface area contributed by atoms with E-state index in [1.54, 1.807) is 0 Å². The van der Waals surface area contributed by atoms with Gasteiger partial charge in [0, 0.05) is 5.56 Å². The number of aryl methyl sites for hydroxylation is 1. The second-order valence-corrected chi connectivity index (χ2v) is 4.94. The Morgan fingerprint density at radius 3 is 2.52 bits per heavy atom. The Kier molecular flexibility index (Phi) is 6.55. The van der Waals surface area contributed by atoms with Crippen molar-refractivity contribution in [1.29, 1.82) is 0 Å². The summed E-state index contributed by atoms with van der Waals surface area (Å²) in [4.78, 5) is 11.6. The van der Waals surface area contributed by atoms with Gasteiger partial charge in [0.05, 0.1) is 13.1 Å². The van der Waals surface area contributed by atoms with E-state index in [2.05, 4.69) is 22.5 Å². The van der Waals surface area contributed by atoms with Crippen LogP contribution in [0.5, 0.6) is 5.75 Å². The molecule has 0 heterocycles. The van der Waals surface area contributed by atoms with Gasteiger partial charge in [-0.3, -0.25) is 0 Å². The first-order valence-electron chi connectivity index (χ1n) is 7.49. The molecule has 2 aromatic rings. The molecule has 0 atom stereocenters. The number of amides is 2. The first-order chi connectivity index (χ1) is 11.2. The molecule has 2 amide bonds. The number of urea groups is 1. The van der Waals surface area contributed by atoms with Crippen molar-refractivity contribution in [2.45, 2.75) is 6.92 Å². The molecule has 0 radical (unpaired) electrons. The Balaban J connectivity index is 1.58. The molecule has 0 saturated carbocycles. The molecule has 0 unspecified atom stereocenters. The summed E-state index contributed by atoms with van der Waals surface area (Å²) in [5, 5.41) is 5.40. The van der Waals surface area contributed by atoms with E-state index in [0.717, 1.165) is 11.3 Å². The van der Waals surface area contributed by atoms with Crippen molar-refractivity contribution in [3.05, 3.63) is 65.7 Å². The van der Waals surface area contributed by atoms with Crippen LogP contribution in [0.3, 0.4) is 0 Å². The maximum atomic E-state index is 11.6. The normalized spacial score (nSPS) is 9.43. The maximum Gasteiger partial charge on any atom is 0.315 e. The van der Waals surface area contributed by atoms with Crippen LogP contribution in [0, 0.1) is 18.8 Å². The van der Waals surface area contributed by atoms with Gasteiger partial charge in [-0.25, -0.2) is 4.79 Å². The highest BCUT2D eigenvalue weighted by Crippen LogP contribution is 2.10. The lowest BCUT2D eigenvalue weighted by atomic mass is 10.2. The van der Waals surface area contributed by atoms with E-state index in [4.69, 9.17) is 4.74 Å². The van der Waals surface area contributed by atoms with Crippen molar-refractivity contribution in [2.24, 2.45) is 0 Å². The molecule has 0 aliphatic carbocycles. The van der Waals surface area contributed by atoms with Crippen LogP contribution >= 0.6 is 0 Å². The predicted octanol–water partition coefficient (Wildman–Crippen LogP) is 2.72. The van der Waals surface area contributed by atoms with Crippen LogP contribution < -0.4 is 15.4 Å². The fourth-order valence-electron chi connectivity index (χ4n) is 1.82. The van der Waals surface area contributed by atoms with Crippen molar-refractivity contribution in [1.82, 2.24) is 10.6 Å². The lowest BCUT2D eigenvalue weighted by Crippen LogP contribution is -2.37. The third-order valence-corrected chi connectivity index (χ3v) is 3.02. The zero-order valence-corrected chi connectivity index (χ0v) is 13.1. The molecule has 23 heavy (non-hydrogen) atoms. The summed E-state index contributed by atoms with van der Waals surface area (Å²) in [6, 6.07) is 17.2. The van der Waals surface area contributed by atoms with Crippen molar-refractivity contribution < 1.29 is 9.53 Å². The molecule has 2 aromatic carbocycles. The van der Waals surface area contributed by atoms with Gasteiger partial charge in [0.2, 0.25) is 0 Å². The van der Waals surface area contributed by atoms with Gasteiger partial charge in [0.15, 0.2) is 0 Å². The van der Waals surface area contributed by atoms with Crippen LogP contribution in [0.1, 0.15) is 11.1 Å². The van der Waals surface area contributed by atoms with Gasteiger partial charge in [-0.1, -0.05) is 47.7 Å². The Hall–Kier alpha value is -2.93. The number of carbonyl (C=O) groups is 1. The van der Waals surface area contributed by atoms with Crippen LogP contribution in [0.2, 0.25) is 0 Å². The fourth-order valence-corrected chi connectivity index (χ4v) is 1.82. The minimum absolute atomic E-state index is 0.250. The molecule has 118 valence electrons. The number of hydrogen-bond acceptors (Lipinski definition) is 2. The van der Waals surface area contributed by atoms with E-state index in [9.17, 15) is 4.79 Å². The molecule has 4 heteroatoms. The molecular formula is C19H20N2O2. The van der Waals surface area contributed by atoms with Crippen LogP contribution in [0.15, 0.2) is 54.6 Å². The predicted molar refractivity (Wildman–Crippen MR) is 91.4 cm³/mol. The Labute approximate surface area is 136 Å². The molecule has 0 fully saturated rings. The van der Waals surface area contributed by atoms with Gasteiger partial charge in [-0.2, -0.15) is 0 Å². The fraction of sp³-hybridized carbons (Fsp3) is 0.211. The highest BCUT2D eigenvalue weighted by atomic mass is 16.5. The van der Waals surface area contributed by atoms with Crippen LogP contribution in [0.25, 0.3) is 0 Å². The van der Waals surface area contributed by atoms with Gasteiger partial charge in [0.1, 0.15) is 12.4 Å². The summed E-state index contributed by atoms with van der Waals surface area (Å²) in [5.41, 5.74) is 2.12. The third-order valence-electron chi connectivity index (χ3n) is 3.02. The second kappa shape index (κ2) is 9.16. The van der Waals surface area contributed by atoms with Gasteiger partial charge in [0.25, 0.3) is 0 Å². The zero-order valence-electron chi connectivity index (χ0n) is 13.1. The number of carbonyl (C=O) groups excluding carboxylic acids is 1. The van der Waals surface area contributed by atoms with Crippen molar-refractivity contribution in [2.75, 3.05) is 19.7 Å². The number of benzene rings is 2. The van der Waals surface area contributed by atoms with Gasteiger partial charge < -0.3 is 15.4 Å². The number of nitrogens with one attached hydrogen (secondary N) is 2. The smallest absolute Gasteiger partial charge is 0.315 e. The molecule has 2 rings (SSSR count). The summed E-state index contributed by atoms with van der Waals surface area (Å²) < 4.78 is 5.52. The van der Waals surface area contributed by atoms with E-state index in [-0.39, 0.29) is 6.03 Å². The Bertz CT molecular complexity index is 670. The molecule has 0 aromatic heterocycles. The van der Waals surface area contributed by atoms with Gasteiger partial charge in [-0.15, -0.1) is 0 Å². The van der Waals surface area contributed by atoms with Crippen LogP contribution in [0.4, 0.5) is 4.79 Å². The van der Waals surface area contributed by atoms with Crippen molar-refractivity contribution >= 4 is 6.03 Å². The minimum atomic E-state index is -0.250. The lowest BCUT2D eigenvalue weighted by Gasteiger charge is -2.08. The third kappa shape index (κ3) is 6.58. The lowest BCUT2D eigenvalue weighted by molar-refractivity contribution is 0.237. The van der Waals surface area contributed by atoms with Crippen molar-refractivity contribution in [3.8, 4) is 17.6 Å². The summed E-state index contributed by atoms with van der Waals surface area (Å²) in [6.45, 7) is 3.19. The SMILES string of the molecule is Cc1ccc(OCCNC(=O)NCC#Cc2ccccc2)cc1. The quantitative estimate of drug-likeness (QED) is 0.659. The number of rotatable bonds is 5. The minimum Gasteiger partial charge on any atom is -0.492 e. The monoisotopic (exact) mass is 308 g/mol. The van der Waals surface area contributed by atoms with Crippen LogP contribution in [-0.2, 0) is 0 Å². The topological polar surface area (TPSA) is 50.4 Å².